The molecule has 0 bridgehead atoms. The second kappa shape index (κ2) is 12.0. The molecule has 1 aromatic rings. The number of hydrogen-bond donors (Lipinski definition) is 2. The molecule has 1 rings (SSSR count). The standard InChI is InChI=1S/C18H26N2O8S/c1-4-27-17(22)6-5-11-19-16(21)12-28-18(23)13(2)20-29(24,25)15-9-7-14(26-3)8-10-15/h7-10,13,20H,4-6,11-12H2,1-3H3,(H,19,21). The number of rotatable bonds is 12. The quantitative estimate of drug-likeness (QED) is 0.358. The van der Waals surface area contributed by atoms with E-state index in [1.807, 2.05) is 0 Å². The fourth-order valence-electron chi connectivity index (χ4n) is 2.11. The average Bonchev–Trinajstić information content (AvgIpc) is 2.69. The zero-order valence-electron chi connectivity index (χ0n) is 16.6. The maximum Gasteiger partial charge on any atom is 0.324 e. The van der Waals surface area contributed by atoms with Crippen molar-refractivity contribution in [3.05, 3.63) is 24.3 Å². The first-order valence-corrected chi connectivity index (χ1v) is 10.4. The Balaban J connectivity index is 2.39. The molecule has 0 saturated carbocycles. The van der Waals surface area contributed by atoms with E-state index in [0.717, 1.165) is 0 Å². The first-order chi connectivity index (χ1) is 13.7. The van der Waals surface area contributed by atoms with Crippen molar-refractivity contribution in [2.75, 3.05) is 26.9 Å². The van der Waals surface area contributed by atoms with Crippen molar-refractivity contribution in [3.63, 3.8) is 0 Å². The van der Waals surface area contributed by atoms with Crippen LogP contribution in [0.15, 0.2) is 29.2 Å². The van der Waals surface area contributed by atoms with Gasteiger partial charge in [0, 0.05) is 13.0 Å². The van der Waals surface area contributed by atoms with Gasteiger partial charge in [-0.1, -0.05) is 0 Å². The summed E-state index contributed by atoms with van der Waals surface area (Å²) in [5, 5.41) is 2.48. The summed E-state index contributed by atoms with van der Waals surface area (Å²) in [6.45, 7) is 2.95. The van der Waals surface area contributed by atoms with Crippen LogP contribution in [0.2, 0.25) is 0 Å². The van der Waals surface area contributed by atoms with Crippen molar-refractivity contribution in [2.24, 2.45) is 0 Å². The minimum atomic E-state index is -3.95. The summed E-state index contributed by atoms with van der Waals surface area (Å²) < 4.78 is 41.3. The third-order valence-electron chi connectivity index (χ3n) is 3.59. The largest absolute Gasteiger partial charge is 0.497 e. The zero-order chi connectivity index (χ0) is 21.9. The van der Waals surface area contributed by atoms with Gasteiger partial charge in [-0.25, -0.2) is 8.42 Å². The second-order valence-corrected chi connectivity index (χ2v) is 7.60. The Kier molecular flexibility index (Phi) is 10.1. The number of carbonyl (C=O) groups excluding carboxylic acids is 3. The first-order valence-electron chi connectivity index (χ1n) is 8.95. The van der Waals surface area contributed by atoms with Gasteiger partial charge in [-0.3, -0.25) is 14.4 Å². The SMILES string of the molecule is CCOC(=O)CCCNC(=O)COC(=O)C(C)NS(=O)(=O)c1ccc(OC)cc1. The Bertz CT molecular complexity index is 793. The number of benzene rings is 1. The van der Waals surface area contributed by atoms with Crippen molar-refractivity contribution in [2.45, 2.75) is 37.6 Å². The van der Waals surface area contributed by atoms with E-state index in [2.05, 4.69) is 10.0 Å². The predicted molar refractivity (Wildman–Crippen MR) is 103 cm³/mol. The molecule has 0 aromatic heterocycles. The van der Waals surface area contributed by atoms with Gasteiger partial charge in [0.05, 0.1) is 18.6 Å². The van der Waals surface area contributed by atoms with Crippen LogP contribution < -0.4 is 14.8 Å². The van der Waals surface area contributed by atoms with E-state index in [1.165, 1.54) is 38.3 Å². The summed E-state index contributed by atoms with van der Waals surface area (Å²) in [5.41, 5.74) is 0. The van der Waals surface area contributed by atoms with Crippen LogP contribution in [0.1, 0.15) is 26.7 Å². The van der Waals surface area contributed by atoms with Crippen molar-refractivity contribution in [3.8, 4) is 5.75 Å². The van der Waals surface area contributed by atoms with Crippen LogP contribution in [-0.4, -0.2) is 59.2 Å². The van der Waals surface area contributed by atoms with Crippen LogP contribution in [0.4, 0.5) is 0 Å². The Hall–Kier alpha value is -2.66. The molecule has 0 heterocycles. The minimum absolute atomic E-state index is 0.0442. The Morgan fingerprint density at radius 2 is 1.76 bits per heavy atom. The summed E-state index contributed by atoms with van der Waals surface area (Å²) in [7, 11) is -2.49. The van der Waals surface area contributed by atoms with Gasteiger partial charge in [-0.2, -0.15) is 4.72 Å². The van der Waals surface area contributed by atoms with Crippen molar-refractivity contribution < 1.29 is 37.0 Å². The fourth-order valence-corrected chi connectivity index (χ4v) is 3.30. The van der Waals surface area contributed by atoms with Crippen molar-refractivity contribution in [1.82, 2.24) is 10.0 Å². The number of nitrogens with one attached hydrogen (secondary N) is 2. The highest BCUT2D eigenvalue weighted by atomic mass is 32.2. The van der Waals surface area contributed by atoms with E-state index in [-0.39, 0.29) is 23.8 Å². The summed E-state index contributed by atoms with van der Waals surface area (Å²) in [4.78, 5) is 34.7. The van der Waals surface area contributed by atoms with Gasteiger partial charge >= 0.3 is 11.9 Å². The molecule has 0 aliphatic carbocycles. The van der Waals surface area contributed by atoms with Crippen LogP contribution in [0.3, 0.4) is 0 Å². The number of sulfonamides is 1. The summed E-state index contributed by atoms with van der Waals surface area (Å²) >= 11 is 0. The van der Waals surface area contributed by atoms with Gasteiger partial charge < -0.3 is 19.5 Å². The minimum Gasteiger partial charge on any atom is -0.497 e. The van der Waals surface area contributed by atoms with Crippen LogP contribution >= 0.6 is 0 Å². The molecule has 1 aromatic carbocycles. The summed E-state index contributed by atoms with van der Waals surface area (Å²) in [6.07, 6.45) is 0.550. The van der Waals surface area contributed by atoms with Crippen LogP contribution in [0, 0.1) is 0 Å². The lowest BCUT2D eigenvalue weighted by Gasteiger charge is -2.14. The summed E-state index contributed by atoms with van der Waals surface area (Å²) in [5.74, 6) is -1.33. The van der Waals surface area contributed by atoms with E-state index in [9.17, 15) is 22.8 Å². The van der Waals surface area contributed by atoms with Crippen LogP contribution in [0.5, 0.6) is 5.75 Å². The molecule has 0 saturated heterocycles. The number of carbonyl (C=O) groups is 3. The Morgan fingerprint density at radius 1 is 1.10 bits per heavy atom. The molecule has 0 spiro atoms. The van der Waals surface area contributed by atoms with E-state index < -0.39 is 34.5 Å². The molecule has 11 heteroatoms. The third-order valence-corrected chi connectivity index (χ3v) is 5.14. The van der Waals surface area contributed by atoms with Crippen molar-refractivity contribution >= 4 is 27.9 Å². The number of ether oxygens (including phenoxy) is 3. The zero-order valence-corrected chi connectivity index (χ0v) is 17.4. The van der Waals surface area contributed by atoms with Gasteiger partial charge in [0.25, 0.3) is 5.91 Å². The lowest BCUT2D eigenvalue weighted by atomic mass is 10.3. The first kappa shape index (κ1) is 24.4. The van der Waals surface area contributed by atoms with E-state index >= 15 is 0 Å². The van der Waals surface area contributed by atoms with Crippen LogP contribution in [0.25, 0.3) is 0 Å². The average molecular weight is 430 g/mol. The Morgan fingerprint density at radius 3 is 2.34 bits per heavy atom. The molecule has 0 fully saturated rings. The number of methoxy groups -OCH3 is 1. The second-order valence-electron chi connectivity index (χ2n) is 5.88. The van der Waals surface area contributed by atoms with Crippen LogP contribution in [-0.2, 0) is 33.9 Å². The smallest absolute Gasteiger partial charge is 0.324 e. The number of hydrogen-bond acceptors (Lipinski definition) is 8. The molecule has 0 radical (unpaired) electrons. The fraction of sp³-hybridized carbons (Fsp3) is 0.500. The highest BCUT2D eigenvalue weighted by Crippen LogP contribution is 2.15. The number of esters is 2. The highest BCUT2D eigenvalue weighted by molar-refractivity contribution is 7.89. The van der Waals surface area contributed by atoms with Gasteiger partial charge in [-0.15, -0.1) is 0 Å². The molecule has 1 amide bonds. The highest BCUT2D eigenvalue weighted by Gasteiger charge is 2.23. The van der Waals surface area contributed by atoms with E-state index in [4.69, 9.17) is 14.2 Å². The molecule has 0 aliphatic rings. The summed E-state index contributed by atoms with van der Waals surface area (Å²) in [6, 6.07) is 4.43. The topological polar surface area (TPSA) is 137 Å². The van der Waals surface area contributed by atoms with E-state index in [1.54, 1.807) is 6.92 Å². The lowest BCUT2D eigenvalue weighted by molar-refractivity contribution is -0.149. The van der Waals surface area contributed by atoms with Gasteiger partial charge in [0.2, 0.25) is 10.0 Å². The van der Waals surface area contributed by atoms with E-state index in [0.29, 0.717) is 18.8 Å². The monoisotopic (exact) mass is 430 g/mol. The van der Waals surface area contributed by atoms with Gasteiger partial charge in [-0.05, 0) is 44.5 Å². The maximum atomic E-state index is 12.3. The molecule has 0 aliphatic heterocycles. The normalized spacial score (nSPS) is 12.0. The predicted octanol–water partition coefficient (Wildman–Crippen LogP) is 0.365. The lowest BCUT2D eigenvalue weighted by Crippen LogP contribution is -2.41. The van der Waals surface area contributed by atoms with Gasteiger partial charge in [0.15, 0.2) is 6.61 Å². The molecule has 1 atom stereocenters. The third kappa shape index (κ3) is 8.92. The molecular formula is C18H26N2O8S. The number of amides is 1. The van der Waals surface area contributed by atoms with Crippen molar-refractivity contribution in [1.29, 1.82) is 0 Å². The molecule has 10 nitrogen and oxygen atoms in total. The molecule has 2 N–H and O–H groups in total. The molecule has 1 unspecified atom stereocenters. The molecular weight excluding hydrogens is 404 g/mol. The Labute approximate surface area is 169 Å². The van der Waals surface area contributed by atoms with Gasteiger partial charge in [0.1, 0.15) is 11.8 Å². The molecule has 29 heavy (non-hydrogen) atoms. The molecule has 162 valence electrons. The maximum absolute atomic E-state index is 12.3.